The quantitative estimate of drug-likeness (QED) is 0.351. The van der Waals surface area contributed by atoms with Crippen LogP contribution in [0.1, 0.15) is 5.56 Å². The van der Waals surface area contributed by atoms with Crippen molar-refractivity contribution in [3.8, 4) is 11.5 Å². The lowest BCUT2D eigenvalue weighted by Gasteiger charge is -2.15. The van der Waals surface area contributed by atoms with Crippen molar-refractivity contribution >= 4 is 20.5 Å². The zero-order valence-electron chi connectivity index (χ0n) is 10.8. The van der Waals surface area contributed by atoms with Crippen LogP contribution in [-0.2, 0) is 16.0 Å². The second-order valence-electron chi connectivity index (χ2n) is 4.01. The van der Waals surface area contributed by atoms with Crippen molar-refractivity contribution in [2.75, 3.05) is 6.54 Å². The third kappa shape index (κ3) is 5.52. The highest BCUT2D eigenvalue weighted by atomic mass is 31.2. The average molecular weight is 318 g/mol. The first-order valence-corrected chi connectivity index (χ1v) is 6.90. The largest absolute Gasteiger partial charge is 0.504 e. The number of aliphatic carboxylic acids is 1. The van der Waals surface area contributed by atoms with Crippen molar-refractivity contribution in [1.82, 2.24) is 5.32 Å². The number of phenols is 1. The summed E-state index contributed by atoms with van der Waals surface area (Å²) in [6.45, 7) is -0.335. The van der Waals surface area contributed by atoms with Gasteiger partial charge in [-0.25, -0.2) is 4.79 Å². The summed E-state index contributed by atoms with van der Waals surface area (Å²) in [5, 5.41) is 20.9. The molecule has 0 aromatic heterocycles. The second kappa shape index (κ2) is 7.75. The molecule has 0 saturated heterocycles. The highest BCUT2D eigenvalue weighted by Gasteiger charge is 2.20. The summed E-state index contributed by atoms with van der Waals surface area (Å²) in [5.74, 6) is -2.38. The van der Waals surface area contributed by atoms with Gasteiger partial charge >= 0.3 is 14.6 Å². The lowest BCUT2D eigenvalue weighted by Crippen LogP contribution is -2.44. The molecule has 1 rings (SSSR count). The van der Waals surface area contributed by atoms with Gasteiger partial charge in [0.05, 0.1) is 6.54 Å². The minimum atomic E-state index is -2.67. The molecule has 7 N–H and O–H groups in total. The number of phenolic OH excluding ortho intramolecular Hbond substituents is 1. The highest BCUT2D eigenvalue weighted by Crippen LogP contribution is 2.36. The number of carboxylic acids is 1. The molecular weight excluding hydrogens is 303 g/mol. The van der Waals surface area contributed by atoms with Gasteiger partial charge in [0.25, 0.3) is 0 Å². The van der Waals surface area contributed by atoms with Crippen LogP contribution in [0, 0.1) is 0 Å². The molecule has 9 nitrogen and oxygen atoms in total. The number of carbonyl (C=O) groups is 2. The van der Waals surface area contributed by atoms with E-state index in [9.17, 15) is 14.7 Å². The molecule has 1 aromatic rings. The van der Waals surface area contributed by atoms with Crippen molar-refractivity contribution in [1.29, 1.82) is 0 Å². The Balaban J connectivity index is 2.82. The number of benzene rings is 1. The molecule has 0 heterocycles. The molecule has 0 aliphatic heterocycles. The number of rotatable bonds is 7. The number of hydrogen-bond donors (Lipinski definition) is 6. The van der Waals surface area contributed by atoms with Crippen molar-refractivity contribution in [2.45, 2.75) is 12.5 Å². The number of carbonyl (C=O) groups excluding carboxylic acids is 1. The van der Waals surface area contributed by atoms with Gasteiger partial charge in [0.2, 0.25) is 5.91 Å². The van der Waals surface area contributed by atoms with Gasteiger partial charge in [-0.05, 0) is 17.7 Å². The minimum absolute atomic E-state index is 0.0814. The molecule has 116 valence electrons. The number of amides is 1. The van der Waals surface area contributed by atoms with E-state index in [1.54, 1.807) is 0 Å². The van der Waals surface area contributed by atoms with Crippen LogP contribution in [0.5, 0.6) is 11.5 Å². The summed E-state index contributed by atoms with van der Waals surface area (Å²) in [6.07, 6.45) is -0.0814. The van der Waals surface area contributed by atoms with Crippen LogP contribution in [0.3, 0.4) is 0 Å². The maximum absolute atomic E-state index is 11.1. The maximum atomic E-state index is 11.1. The first-order chi connectivity index (χ1) is 9.83. The second-order valence-corrected chi connectivity index (χ2v) is 4.70. The molecule has 0 bridgehead atoms. The van der Waals surface area contributed by atoms with Crippen molar-refractivity contribution in [2.24, 2.45) is 5.73 Å². The topological polar surface area (TPSA) is 162 Å². The van der Waals surface area contributed by atoms with Crippen LogP contribution >= 0.6 is 8.60 Å². The van der Waals surface area contributed by atoms with Crippen LogP contribution in [0.2, 0.25) is 0 Å². The van der Waals surface area contributed by atoms with E-state index in [2.05, 4.69) is 9.84 Å². The Morgan fingerprint density at radius 3 is 2.52 bits per heavy atom. The van der Waals surface area contributed by atoms with Crippen LogP contribution in [0.15, 0.2) is 18.2 Å². The Bertz CT molecular complexity index is 523. The fourth-order valence-electron chi connectivity index (χ4n) is 1.54. The van der Waals surface area contributed by atoms with E-state index in [-0.39, 0.29) is 24.5 Å². The summed E-state index contributed by atoms with van der Waals surface area (Å²) in [6, 6.07) is 2.70. The van der Waals surface area contributed by atoms with Gasteiger partial charge in [-0.2, -0.15) is 0 Å². The molecule has 0 fully saturated rings. The number of aromatic hydroxyl groups is 1. The highest BCUT2D eigenvalue weighted by molar-refractivity contribution is 7.39. The molecule has 0 aliphatic rings. The van der Waals surface area contributed by atoms with E-state index in [1.165, 1.54) is 18.2 Å². The zero-order chi connectivity index (χ0) is 16.0. The Hall–Kier alpha value is -1.93. The smallest absolute Gasteiger partial charge is 0.391 e. The number of hydrogen-bond acceptors (Lipinski definition) is 7. The van der Waals surface area contributed by atoms with Crippen LogP contribution in [-0.4, -0.2) is 44.5 Å². The predicted octanol–water partition coefficient (Wildman–Crippen LogP) is -0.947. The van der Waals surface area contributed by atoms with Crippen LogP contribution in [0.4, 0.5) is 0 Å². The summed E-state index contributed by atoms with van der Waals surface area (Å²) in [7, 11) is -2.67. The van der Waals surface area contributed by atoms with Gasteiger partial charge in [0, 0.05) is 6.42 Å². The minimum Gasteiger partial charge on any atom is -0.504 e. The third-order valence-electron chi connectivity index (χ3n) is 2.46. The number of nitrogens with one attached hydrogen (secondary N) is 1. The van der Waals surface area contributed by atoms with E-state index in [0.29, 0.717) is 5.56 Å². The molecule has 0 spiro atoms. The van der Waals surface area contributed by atoms with E-state index >= 15 is 0 Å². The van der Waals surface area contributed by atoms with Crippen molar-refractivity contribution < 1.29 is 34.1 Å². The first kappa shape index (κ1) is 17.1. The van der Waals surface area contributed by atoms with Gasteiger partial charge in [-0.1, -0.05) is 6.07 Å². The summed E-state index contributed by atoms with van der Waals surface area (Å²) >= 11 is 0. The van der Waals surface area contributed by atoms with Gasteiger partial charge in [0.1, 0.15) is 6.04 Å². The summed E-state index contributed by atoms with van der Waals surface area (Å²) in [5.41, 5.74) is 5.50. The van der Waals surface area contributed by atoms with Crippen molar-refractivity contribution in [3.63, 3.8) is 0 Å². The standard InChI is InChI=1S/C11H15N2O7P/c12-5-10(15)13-7(11(16)17)3-6-1-2-9(8(14)4-6)20-21(18)19/h1-2,4,7,14,18-19H,3,5,12H2,(H,13,15)(H,16,17). The Kier molecular flexibility index (Phi) is 6.32. The fraction of sp³-hybridized carbons (Fsp3) is 0.273. The Labute approximate surface area is 121 Å². The van der Waals surface area contributed by atoms with E-state index in [4.69, 9.17) is 20.6 Å². The zero-order valence-corrected chi connectivity index (χ0v) is 11.7. The molecular formula is C11H15N2O7P. The lowest BCUT2D eigenvalue weighted by molar-refractivity contribution is -0.141. The Morgan fingerprint density at radius 2 is 2.05 bits per heavy atom. The lowest BCUT2D eigenvalue weighted by atomic mass is 10.1. The SMILES string of the molecule is NCC(=O)NC(Cc1ccc(OP(O)O)c(O)c1)C(=O)O. The molecule has 21 heavy (non-hydrogen) atoms. The first-order valence-electron chi connectivity index (χ1n) is 5.73. The molecule has 1 aromatic carbocycles. The van der Waals surface area contributed by atoms with Gasteiger partial charge in [-0.3, -0.25) is 4.79 Å². The van der Waals surface area contributed by atoms with Gasteiger partial charge in [-0.15, -0.1) is 0 Å². The normalized spacial score (nSPS) is 12.0. The molecule has 10 heteroatoms. The summed E-state index contributed by atoms with van der Waals surface area (Å²) < 4.78 is 4.56. The monoisotopic (exact) mass is 318 g/mol. The molecule has 0 radical (unpaired) electrons. The van der Waals surface area contributed by atoms with Crippen LogP contribution < -0.4 is 15.6 Å². The van der Waals surface area contributed by atoms with Gasteiger partial charge < -0.3 is 35.6 Å². The van der Waals surface area contributed by atoms with Gasteiger partial charge in [0.15, 0.2) is 11.5 Å². The number of nitrogens with two attached hydrogens (primary N) is 1. The maximum Gasteiger partial charge on any atom is 0.391 e. The van der Waals surface area contributed by atoms with E-state index in [1.807, 2.05) is 0 Å². The average Bonchev–Trinajstić information content (AvgIpc) is 2.40. The molecule has 1 unspecified atom stereocenters. The molecule has 1 amide bonds. The summed E-state index contributed by atoms with van der Waals surface area (Å²) in [4.78, 5) is 39.6. The third-order valence-corrected chi connectivity index (χ3v) is 2.82. The molecule has 0 saturated carbocycles. The fourth-order valence-corrected chi connectivity index (χ4v) is 1.87. The van der Waals surface area contributed by atoms with Crippen LogP contribution in [0.25, 0.3) is 0 Å². The van der Waals surface area contributed by atoms with E-state index < -0.39 is 26.5 Å². The molecule has 0 aliphatic carbocycles. The van der Waals surface area contributed by atoms with Crippen molar-refractivity contribution in [3.05, 3.63) is 23.8 Å². The van der Waals surface area contributed by atoms with E-state index in [0.717, 1.165) is 0 Å². The molecule has 1 atom stereocenters. The Morgan fingerprint density at radius 1 is 1.38 bits per heavy atom. The number of carboxylic acid groups (broad SMARTS) is 1. The predicted molar refractivity (Wildman–Crippen MR) is 72.4 cm³/mol.